The lowest BCUT2D eigenvalue weighted by molar-refractivity contribution is -0.167. The molecule has 1 atom stereocenters. The molecule has 0 rings (SSSR count). The van der Waals surface area contributed by atoms with Gasteiger partial charge in [-0.1, -0.05) is 247 Å². The minimum atomic E-state index is -0.761. The van der Waals surface area contributed by atoms with Gasteiger partial charge in [-0.3, -0.25) is 14.4 Å². The molecule has 0 spiro atoms. The van der Waals surface area contributed by atoms with Gasteiger partial charge in [0.15, 0.2) is 6.10 Å². The van der Waals surface area contributed by atoms with Crippen molar-refractivity contribution in [1.29, 1.82) is 0 Å². The van der Waals surface area contributed by atoms with Crippen LogP contribution in [0.25, 0.3) is 0 Å². The number of rotatable bonds is 46. The molecule has 0 fully saturated rings. The molecule has 0 aliphatic heterocycles. The van der Waals surface area contributed by atoms with Gasteiger partial charge < -0.3 is 14.2 Å². The molecular weight excluding hydrogens is 721 g/mol. The Morgan fingerprint density at radius 2 is 0.569 bits per heavy atom. The van der Waals surface area contributed by atoms with Crippen molar-refractivity contribution in [3.63, 3.8) is 0 Å². The molecule has 0 N–H and O–H groups in total. The summed E-state index contributed by atoms with van der Waals surface area (Å²) in [6, 6.07) is 0. The molecule has 0 saturated carbocycles. The minimum Gasteiger partial charge on any atom is -0.462 e. The van der Waals surface area contributed by atoms with E-state index < -0.39 is 6.10 Å². The summed E-state index contributed by atoms with van der Waals surface area (Å²) in [5.41, 5.74) is 0. The molecule has 0 aromatic heterocycles. The van der Waals surface area contributed by atoms with Gasteiger partial charge in [0.1, 0.15) is 13.2 Å². The second-order valence-corrected chi connectivity index (χ2v) is 18.8. The van der Waals surface area contributed by atoms with E-state index in [0.717, 1.165) is 69.6 Å². The molecule has 344 valence electrons. The molecule has 0 amide bonds. The standard InChI is InChI=1S/C52H100O6/c1-6-7-8-9-10-11-12-13-16-20-23-28-34-39-44-52(55)58-49(46-57-51(54)43-38-33-29-24-26-31-36-41-48(4)5)45-56-50(53)42-37-32-27-22-19-17-14-15-18-21-25-30-35-40-47(2)3/h47-49H,6-46H2,1-5H3/t49-/m0/s1. The van der Waals surface area contributed by atoms with Gasteiger partial charge in [-0.2, -0.15) is 0 Å². The molecule has 0 aromatic rings. The third kappa shape index (κ3) is 45.5. The first kappa shape index (κ1) is 56.4. The fraction of sp³-hybridized carbons (Fsp3) is 0.942. The van der Waals surface area contributed by atoms with E-state index in [2.05, 4.69) is 34.6 Å². The van der Waals surface area contributed by atoms with Crippen LogP contribution < -0.4 is 0 Å². The maximum absolute atomic E-state index is 12.8. The molecule has 58 heavy (non-hydrogen) atoms. The van der Waals surface area contributed by atoms with E-state index in [-0.39, 0.29) is 31.1 Å². The Hall–Kier alpha value is -1.59. The van der Waals surface area contributed by atoms with Gasteiger partial charge in [0, 0.05) is 19.3 Å². The Bertz CT molecular complexity index is 885. The van der Waals surface area contributed by atoms with Crippen molar-refractivity contribution in [2.75, 3.05) is 13.2 Å². The van der Waals surface area contributed by atoms with Crippen LogP contribution in [-0.2, 0) is 28.6 Å². The fourth-order valence-corrected chi connectivity index (χ4v) is 7.81. The number of hydrogen-bond donors (Lipinski definition) is 0. The Labute approximate surface area is 361 Å². The maximum Gasteiger partial charge on any atom is 0.306 e. The number of ether oxygens (including phenoxy) is 3. The molecule has 0 unspecified atom stereocenters. The second-order valence-electron chi connectivity index (χ2n) is 18.8. The predicted octanol–water partition coefficient (Wildman–Crippen LogP) is 16.5. The van der Waals surface area contributed by atoms with Crippen molar-refractivity contribution in [3.05, 3.63) is 0 Å². The van der Waals surface area contributed by atoms with Gasteiger partial charge in [-0.05, 0) is 31.1 Å². The van der Waals surface area contributed by atoms with Gasteiger partial charge in [-0.25, -0.2) is 0 Å². The first-order valence-corrected chi connectivity index (χ1v) is 25.7. The highest BCUT2D eigenvalue weighted by molar-refractivity contribution is 5.71. The van der Waals surface area contributed by atoms with Gasteiger partial charge in [0.25, 0.3) is 0 Å². The lowest BCUT2D eigenvalue weighted by Gasteiger charge is -2.18. The summed E-state index contributed by atoms with van der Waals surface area (Å²) in [6.45, 7) is 11.3. The summed E-state index contributed by atoms with van der Waals surface area (Å²) in [5.74, 6) is 0.770. The van der Waals surface area contributed by atoms with Gasteiger partial charge in [0.2, 0.25) is 0 Å². The van der Waals surface area contributed by atoms with Crippen LogP contribution in [0.2, 0.25) is 0 Å². The molecule has 0 aliphatic carbocycles. The zero-order valence-corrected chi connectivity index (χ0v) is 39.7. The summed E-state index contributed by atoms with van der Waals surface area (Å²) in [7, 11) is 0. The Morgan fingerprint density at radius 3 is 0.845 bits per heavy atom. The van der Waals surface area contributed by atoms with Crippen LogP contribution in [0.3, 0.4) is 0 Å². The highest BCUT2D eigenvalue weighted by atomic mass is 16.6. The summed E-state index contributed by atoms with van der Waals surface area (Å²) in [6.07, 6.45) is 45.2. The van der Waals surface area contributed by atoms with Gasteiger partial charge >= 0.3 is 17.9 Å². The quantitative estimate of drug-likeness (QED) is 0.0346. The zero-order valence-electron chi connectivity index (χ0n) is 39.7. The number of unbranched alkanes of at least 4 members (excludes halogenated alkanes) is 31. The van der Waals surface area contributed by atoms with Crippen molar-refractivity contribution >= 4 is 17.9 Å². The fourth-order valence-electron chi connectivity index (χ4n) is 7.81. The lowest BCUT2D eigenvalue weighted by atomic mass is 10.0. The molecule has 0 aromatic carbocycles. The lowest BCUT2D eigenvalue weighted by Crippen LogP contribution is -2.30. The van der Waals surface area contributed by atoms with E-state index in [9.17, 15) is 14.4 Å². The number of carbonyl (C=O) groups is 3. The second kappa shape index (κ2) is 44.9. The Morgan fingerprint density at radius 1 is 0.328 bits per heavy atom. The van der Waals surface area contributed by atoms with Crippen molar-refractivity contribution in [2.24, 2.45) is 11.8 Å². The van der Waals surface area contributed by atoms with Crippen LogP contribution in [-0.4, -0.2) is 37.2 Å². The molecule has 0 radical (unpaired) electrons. The van der Waals surface area contributed by atoms with Crippen LogP contribution in [0.15, 0.2) is 0 Å². The smallest absolute Gasteiger partial charge is 0.306 e. The molecule has 0 aliphatic rings. The normalized spacial score (nSPS) is 12.1. The minimum absolute atomic E-state index is 0.0641. The van der Waals surface area contributed by atoms with E-state index in [0.29, 0.717) is 19.3 Å². The van der Waals surface area contributed by atoms with Crippen molar-refractivity contribution in [2.45, 2.75) is 291 Å². The monoisotopic (exact) mass is 821 g/mol. The van der Waals surface area contributed by atoms with Crippen LogP contribution in [0.4, 0.5) is 0 Å². The molecular formula is C52H100O6. The summed E-state index contributed by atoms with van der Waals surface area (Å²) in [5, 5.41) is 0. The summed E-state index contributed by atoms with van der Waals surface area (Å²) in [4.78, 5) is 37.9. The van der Waals surface area contributed by atoms with E-state index >= 15 is 0 Å². The SMILES string of the molecule is CCCCCCCCCCCCCCCCC(=O)O[C@@H](COC(=O)CCCCCCCCCCCCCCCC(C)C)COC(=O)CCCCCCCCCC(C)C. The van der Waals surface area contributed by atoms with E-state index in [1.54, 1.807) is 0 Å². The highest BCUT2D eigenvalue weighted by Gasteiger charge is 2.19. The Kier molecular flexibility index (Phi) is 43.7. The third-order valence-electron chi connectivity index (χ3n) is 11.7. The van der Waals surface area contributed by atoms with Gasteiger partial charge in [0.05, 0.1) is 0 Å². The van der Waals surface area contributed by atoms with Crippen LogP contribution in [0.1, 0.15) is 285 Å². The van der Waals surface area contributed by atoms with Crippen LogP contribution in [0, 0.1) is 11.8 Å². The predicted molar refractivity (Wildman–Crippen MR) is 247 cm³/mol. The topological polar surface area (TPSA) is 78.9 Å². The molecule has 0 bridgehead atoms. The molecule has 0 heterocycles. The Balaban J connectivity index is 4.29. The van der Waals surface area contributed by atoms with Crippen molar-refractivity contribution in [1.82, 2.24) is 0 Å². The van der Waals surface area contributed by atoms with E-state index in [4.69, 9.17) is 14.2 Å². The molecule has 0 saturated heterocycles. The van der Waals surface area contributed by atoms with E-state index in [1.807, 2.05) is 0 Å². The first-order chi connectivity index (χ1) is 28.2. The van der Waals surface area contributed by atoms with Gasteiger partial charge in [-0.15, -0.1) is 0 Å². The first-order valence-electron chi connectivity index (χ1n) is 25.7. The third-order valence-corrected chi connectivity index (χ3v) is 11.7. The average molecular weight is 821 g/mol. The van der Waals surface area contributed by atoms with Crippen LogP contribution >= 0.6 is 0 Å². The molecule has 6 nitrogen and oxygen atoms in total. The maximum atomic E-state index is 12.8. The average Bonchev–Trinajstić information content (AvgIpc) is 3.19. The number of hydrogen-bond acceptors (Lipinski definition) is 6. The van der Waals surface area contributed by atoms with Crippen molar-refractivity contribution < 1.29 is 28.6 Å². The largest absolute Gasteiger partial charge is 0.462 e. The van der Waals surface area contributed by atoms with Crippen LogP contribution in [0.5, 0.6) is 0 Å². The zero-order chi connectivity index (χ0) is 42.6. The molecule has 6 heteroatoms. The number of carbonyl (C=O) groups excluding carboxylic acids is 3. The highest BCUT2D eigenvalue weighted by Crippen LogP contribution is 2.17. The summed E-state index contributed by atoms with van der Waals surface area (Å²) >= 11 is 0. The summed E-state index contributed by atoms with van der Waals surface area (Å²) < 4.78 is 16.8. The number of esters is 3. The van der Waals surface area contributed by atoms with E-state index in [1.165, 1.54) is 173 Å². The van der Waals surface area contributed by atoms with Crippen molar-refractivity contribution in [3.8, 4) is 0 Å².